The Morgan fingerprint density at radius 3 is 0.934 bits per heavy atom. The average Bonchev–Trinajstić information content (AvgIpc) is 4.05. The van der Waals surface area contributed by atoms with Crippen LogP contribution in [0.3, 0.4) is 0 Å². The number of amides is 2. The maximum Gasteiger partial charge on any atom is 0.253 e. The van der Waals surface area contributed by atoms with E-state index in [0.29, 0.717) is 34.0 Å². The standard InChI is InChI=1S/C52H80N4O2S3/c1-3-5-7-9-11-13-15-17-19-21-23-25-27-29-31-33-37-55-51(57)43-39-47(60-49(43)41-53)45-35-36-46(59-45)48-40-44(50(42-54)61-48)52(58)56-38-34-32-30-28-26-24-22-20-18-16-14-12-10-8-6-4-2/h35-36,39-40H,3-34,37-38H2,1-2H3,(H,55,57)(H,56,58). The Kier molecular flexibility index (Phi) is 29.6. The summed E-state index contributed by atoms with van der Waals surface area (Å²) in [6.07, 6.45) is 42.1. The van der Waals surface area contributed by atoms with Crippen molar-refractivity contribution in [2.75, 3.05) is 13.1 Å². The van der Waals surface area contributed by atoms with Crippen LogP contribution in [0.15, 0.2) is 24.3 Å². The maximum atomic E-state index is 13.1. The van der Waals surface area contributed by atoms with Gasteiger partial charge in [0.15, 0.2) is 0 Å². The third-order valence-corrected chi connectivity index (χ3v) is 15.4. The van der Waals surface area contributed by atoms with Gasteiger partial charge < -0.3 is 10.6 Å². The van der Waals surface area contributed by atoms with E-state index in [1.165, 1.54) is 202 Å². The van der Waals surface area contributed by atoms with Gasteiger partial charge in [0.25, 0.3) is 11.8 Å². The van der Waals surface area contributed by atoms with Gasteiger partial charge in [-0.3, -0.25) is 9.59 Å². The number of thiophene rings is 3. The zero-order valence-electron chi connectivity index (χ0n) is 38.3. The Morgan fingerprint density at radius 1 is 0.410 bits per heavy atom. The molecule has 61 heavy (non-hydrogen) atoms. The monoisotopic (exact) mass is 889 g/mol. The second kappa shape index (κ2) is 34.5. The molecular weight excluding hydrogens is 809 g/mol. The van der Waals surface area contributed by atoms with Crippen molar-refractivity contribution in [2.24, 2.45) is 0 Å². The van der Waals surface area contributed by atoms with Gasteiger partial charge in [0, 0.05) is 32.6 Å². The summed E-state index contributed by atoms with van der Waals surface area (Å²) in [6, 6.07) is 12.1. The second-order valence-corrected chi connectivity index (χ2v) is 20.4. The molecule has 338 valence electrons. The number of rotatable bonds is 38. The highest BCUT2D eigenvalue weighted by Crippen LogP contribution is 2.42. The Bertz CT molecular complexity index is 1570. The van der Waals surface area contributed by atoms with Crippen molar-refractivity contribution in [3.63, 3.8) is 0 Å². The van der Waals surface area contributed by atoms with Crippen LogP contribution in [-0.2, 0) is 0 Å². The van der Waals surface area contributed by atoms with E-state index < -0.39 is 0 Å². The second-order valence-electron chi connectivity index (χ2n) is 17.2. The van der Waals surface area contributed by atoms with Crippen LogP contribution in [0.4, 0.5) is 0 Å². The lowest BCUT2D eigenvalue weighted by Crippen LogP contribution is -2.24. The lowest BCUT2D eigenvalue weighted by atomic mass is 10.0. The molecule has 0 saturated carbocycles. The van der Waals surface area contributed by atoms with E-state index >= 15 is 0 Å². The van der Waals surface area contributed by atoms with Crippen molar-refractivity contribution in [1.82, 2.24) is 10.6 Å². The number of nitriles is 2. The highest BCUT2D eigenvalue weighted by Gasteiger charge is 2.20. The van der Waals surface area contributed by atoms with Crippen molar-refractivity contribution >= 4 is 45.8 Å². The lowest BCUT2D eigenvalue weighted by molar-refractivity contribution is 0.0945. The summed E-state index contributed by atoms with van der Waals surface area (Å²) in [5, 5.41) is 25.8. The fourth-order valence-electron chi connectivity index (χ4n) is 8.07. The molecule has 0 aliphatic rings. The first-order valence-corrected chi connectivity index (χ1v) is 27.2. The smallest absolute Gasteiger partial charge is 0.253 e. The molecule has 3 heterocycles. The predicted molar refractivity (Wildman–Crippen MR) is 264 cm³/mol. The molecule has 0 bridgehead atoms. The van der Waals surface area contributed by atoms with E-state index in [0.717, 1.165) is 45.2 Å². The molecule has 0 radical (unpaired) electrons. The molecule has 0 spiro atoms. The molecule has 0 aromatic carbocycles. The summed E-state index contributed by atoms with van der Waals surface area (Å²) in [5.41, 5.74) is 0.861. The van der Waals surface area contributed by atoms with Crippen LogP contribution in [0, 0.1) is 22.7 Å². The van der Waals surface area contributed by atoms with E-state index in [4.69, 9.17) is 0 Å². The minimum absolute atomic E-state index is 0.191. The molecule has 9 heteroatoms. The minimum atomic E-state index is -0.191. The Labute approximate surface area is 383 Å². The van der Waals surface area contributed by atoms with Crippen LogP contribution in [0.25, 0.3) is 19.5 Å². The first-order chi connectivity index (χ1) is 30.0. The maximum absolute atomic E-state index is 13.1. The van der Waals surface area contributed by atoms with Crippen molar-refractivity contribution in [1.29, 1.82) is 10.5 Å². The summed E-state index contributed by atoms with van der Waals surface area (Å²) in [6.45, 7) is 5.79. The number of hydrogen-bond acceptors (Lipinski definition) is 7. The minimum Gasteiger partial charge on any atom is -0.352 e. The fourth-order valence-corrected chi connectivity index (χ4v) is 11.1. The molecule has 3 aromatic rings. The van der Waals surface area contributed by atoms with E-state index in [1.54, 1.807) is 11.3 Å². The first-order valence-electron chi connectivity index (χ1n) is 24.8. The van der Waals surface area contributed by atoms with Gasteiger partial charge in [-0.2, -0.15) is 10.5 Å². The number of nitrogens with zero attached hydrogens (tertiary/aromatic N) is 2. The third kappa shape index (κ3) is 22.3. The molecule has 0 atom stereocenters. The molecule has 0 saturated heterocycles. The van der Waals surface area contributed by atoms with Crippen molar-refractivity contribution in [3.8, 4) is 31.6 Å². The first kappa shape index (κ1) is 52.4. The van der Waals surface area contributed by atoms with Crippen LogP contribution in [0.5, 0.6) is 0 Å². The largest absolute Gasteiger partial charge is 0.352 e. The van der Waals surface area contributed by atoms with Crippen LogP contribution in [-0.4, -0.2) is 24.9 Å². The molecule has 3 aromatic heterocycles. The Morgan fingerprint density at radius 2 is 0.672 bits per heavy atom. The average molecular weight is 889 g/mol. The normalized spacial score (nSPS) is 11.1. The Hall–Kier alpha value is -2.98. The van der Waals surface area contributed by atoms with Gasteiger partial charge in [-0.05, 0) is 37.1 Å². The van der Waals surface area contributed by atoms with E-state index in [-0.39, 0.29) is 11.8 Å². The number of carbonyl (C=O) groups is 2. The third-order valence-electron chi connectivity index (χ3n) is 11.9. The topological polar surface area (TPSA) is 106 Å². The van der Waals surface area contributed by atoms with Crippen LogP contribution in [0.2, 0.25) is 0 Å². The SMILES string of the molecule is CCCCCCCCCCCCCCCCCCNC(=O)c1cc(-c2ccc(-c3cc(C(=O)NCCCCCCCCCCCCCCCCCC)c(C#N)s3)s2)sc1C#N. The number of carbonyl (C=O) groups excluding carboxylic acids is 2. The van der Waals surface area contributed by atoms with Gasteiger partial charge in [0.2, 0.25) is 0 Å². The Balaban J connectivity index is 1.29. The van der Waals surface area contributed by atoms with Gasteiger partial charge in [-0.25, -0.2) is 0 Å². The summed E-state index contributed by atoms with van der Waals surface area (Å²) >= 11 is 4.21. The summed E-state index contributed by atoms with van der Waals surface area (Å²) < 4.78 is 0. The van der Waals surface area contributed by atoms with Crippen molar-refractivity contribution in [2.45, 2.75) is 219 Å². The lowest BCUT2D eigenvalue weighted by Gasteiger charge is -2.05. The van der Waals surface area contributed by atoms with Gasteiger partial charge in [-0.15, -0.1) is 34.0 Å². The van der Waals surface area contributed by atoms with E-state index in [1.807, 2.05) is 24.3 Å². The van der Waals surface area contributed by atoms with E-state index in [9.17, 15) is 20.1 Å². The highest BCUT2D eigenvalue weighted by atomic mass is 32.1. The zero-order chi connectivity index (χ0) is 43.6. The molecule has 2 amide bonds. The van der Waals surface area contributed by atoms with Crippen LogP contribution in [0.1, 0.15) is 250 Å². The summed E-state index contributed by atoms with van der Waals surface area (Å²) in [7, 11) is 0. The highest BCUT2D eigenvalue weighted by molar-refractivity contribution is 7.26. The fraction of sp³-hybridized carbons (Fsp3) is 0.692. The predicted octanol–water partition coefficient (Wildman–Crippen LogP) is 16.9. The van der Waals surface area contributed by atoms with E-state index in [2.05, 4.69) is 36.6 Å². The van der Waals surface area contributed by atoms with Crippen molar-refractivity contribution < 1.29 is 9.59 Å². The summed E-state index contributed by atoms with van der Waals surface area (Å²) in [4.78, 5) is 30.7. The van der Waals surface area contributed by atoms with Gasteiger partial charge in [0.1, 0.15) is 21.9 Å². The number of unbranched alkanes of at least 4 members (excludes halogenated alkanes) is 30. The van der Waals surface area contributed by atoms with Crippen LogP contribution >= 0.6 is 34.0 Å². The van der Waals surface area contributed by atoms with Crippen LogP contribution < -0.4 is 10.6 Å². The number of nitrogens with one attached hydrogen (secondary N) is 2. The number of hydrogen-bond donors (Lipinski definition) is 2. The quantitative estimate of drug-likeness (QED) is 0.0559. The van der Waals surface area contributed by atoms with Crippen molar-refractivity contribution in [3.05, 3.63) is 45.1 Å². The van der Waals surface area contributed by atoms with Gasteiger partial charge in [0.05, 0.1) is 11.1 Å². The molecule has 0 aliphatic carbocycles. The zero-order valence-corrected chi connectivity index (χ0v) is 40.7. The molecule has 0 unspecified atom stereocenters. The van der Waals surface area contributed by atoms with Gasteiger partial charge >= 0.3 is 0 Å². The molecule has 0 fully saturated rings. The molecule has 0 aliphatic heterocycles. The molecule has 2 N–H and O–H groups in total. The summed E-state index contributed by atoms with van der Waals surface area (Å²) in [5.74, 6) is -0.382. The molecular formula is C52H80N4O2S3. The molecule has 3 rings (SSSR count). The molecule has 6 nitrogen and oxygen atoms in total. The van der Waals surface area contributed by atoms with Gasteiger partial charge in [-0.1, -0.05) is 206 Å².